The summed E-state index contributed by atoms with van der Waals surface area (Å²) in [4.78, 5) is 16.3. The largest absolute Gasteiger partial charge is 0.489 e. The molecule has 1 aromatic heterocycles. The summed E-state index contributed by atoms with van der Waals surface area (Å²) in [6.45, 7) is 9.39. The van der Waals surface area contributed by atoms with E-state index in [1.165, 1.54) is 30.6 Å². The second-order valence-electron chi connectivity index (χ2n) is 5.73. The highest BCUT2D eigenvalue weighted by Crippen LogP contribution is 2.35. The van der Waals surface area contributed by atoms with Crippen molar-refractivity contribution in [3.8, 4) is 11.5 Å². The molecule has 1 aliphatic carbocycles. The molecule has 1 aromatic carbocycles. The molecular formula is C23H32Cl2F2N2O3. The normalized spacial score (nSPS) is 11.6. The van der Waals surface area contributed by atoms with Gasteiger partial charge >= 0.3 is 6.61 Å². The fourth-order valence-corrected chi connectivity index (χ4v) is 2.62. The van der Waals surface area contributed by atoms with E-state index in [2.05, 4.69) is 15.0 Å². The van der Waals surface area contributed by atoms with Gasteiger partial charge in [-0.2, -0.15) is 8.78 Å². The standard InChI is InChI=1S/C17H14Cl2F2N2O3.3C2H6/c18-11-6-22-7-12(19)15(11)23-16(24)10-3-4-13(26-17(20)21)14(5-10)25-8-9-1-2-9;3*1-2/h3-7,9,17H,1-2,8H2,(H,22,23,24);3*1-2H3. The van der Waals surface area contributed by atoms with Gasteiger partial charge in [0.1, 0.15) is 0 Å². The number of carbonyl (C=O) groups excluding carboxylic acids is 1. The number of pyridine rings is 1. The van der Waals surface area contributed by atoms with Crippen LogP contribution in [0, 0.1) is 5.92 Å². The van der Waals surface area contributed by atoms with E-state index in [4.69, 9.17) is 27.9 Å². The lowest BCUT2D eigenvalue weighted by Crippen LogP contribution is -2.14. The van der Waals surface area contributed by atoms with Crippen LogP contribution in [0.2, 0.25) is 10.0 Å². The van der Waals surface area contributed by atoms with Gasteiger partial charge in [0.15, 0.2) is 11.5 Å². The van der Waals surface area contributed by atoms with Gasteiger partial charge in [0.25, 0.3) is 5.91 Å². The second-order valence-corrected chi connectivity index (χ2v) is 6.54. The molecule has 1 saturated carbocycles. The topological polar surface area (TPSA) is 60.5 Å². The number of rotatable bonds is 7. The van der Waals surface area contributed by atoms with Gasteiger partial charge in [-0.05, 0) is 37.0 Å². The van der Waals surface area contributed by atoms with Gasteiger partial charge in [0, 0.05) is 18.0 Å². The molecule has 0 spiro atoms. The number of ether oxygens (including phenoxy) is 2. The van der Waals surface area contributed by atoms with Crippen LogP contribution in [-0.2, 0) is 0 Å². The number of nitrogens with zero attached hydrogens (tertiary/aromatic N) is 1. The van der Waals surface area contributed by atoms with Crippen LogP contribution in [-0.4, -0.2) is 24.1 Å². The number of alkyl halides is 2. The molecule has 3 rings (SSSR count). The maximum atomic E-state index is 12.6. The number of amides is 1. The number of hydrogen-bond donors (Lipinski definition) is 1. The Labute approximate surface area is 199 Å². The third kappa shape index (κ3) is 10.0. The minimum atomic E-state index is -2.99. The Morgan fingerprint density at radius 2 is 1.62 bits per heavy atom. The van der Waals surface area contributed by atoms with Gasteiger partial charge in [-0.15, -0.1) is 0 Å². The van der Waals surface area contributed by atoms with Crippen molar-refractivity contribution in [1.82, 2.24) is 4.98 Å². The molecule has 5 nitrogen and oxygen atoms in total. The highest BCUT2D eigenvalue weighted by atomic mass is 35.5. The number of nitrogens with one attached hydrogen (secondary N) is 1. The van der Waals surface area contributed by atoms with Crippen LogP contribution in [0.15, 0.2) is 30.6 Å². The predicted octanol–water partition coefficient (Wildman–Crippen LogP) is 8.11. The van der Waals surface area contributed by atoms with Gasteiger partial charge < -0.3 is 14.8 Å². The number of halogens is 4. The van der Waals surface area contributed by atoms with Crippen LogP contribution in [0.4, 0.5) is 14.5 Å². The summed E-state index contributed by atoms with van der Waals surface area (Å²) in [6.07, 6.45) is 4.74. The van der Waals surface area contributed by atoms with Crippen molar-refractivity contribution >= 4 is 34.8 Å². The number of anilines is 1. The molecular weight excluding hydrogens is 461 g/mol. The molecule has 1 fully saturated rings. The molecule has 0 radical (unpaired) electrons. The van der Waals surface area contributed by atoms with E-state index < -0.39 is 12.5 Å². The summed E-state index contributed by atoms with van der Waals surface area (Å²) in [6, 6.07) is 3.96. The zero-order valence-electron chi connectivity index (χ0n) is 19.3. The Kier molecular flexibility index (Phi) is 15.4. The van der Waals surface area contributed by atoms with E-state index in [0.29, 0.717) is 12.5 Å². The first-order chi connectivity index (χ1) is 15.4. The third-order valence-electron chi connectivity index (χ3n) is 3.69. The lowest BCUT2D eigenvalue weighted by molar-refractivity contribution is -0.0515. The summed E-state index contributed by atoms with van der Waals surface area (Å²) in [7, 11) is 0. The first-order valence-electron chi connectivity index (χ1n) is 10.8. The Bertz CT molecular complexity index is 800. The fourth-order valence-electron chi connectivity index (χ4n) is 2.16. The highest BCUT2D eigenvalue weighted by Gasteiger charge is 2.23. The van der Waals surface area contributed by atoms with E-state index in [-0.39, 0.29) is 32.8 Å². The van der Waals surface area contributed by atoms with Crippen LogP contribution in [0.3, 0.4) is 0 Å². The van der Waals surface area contributed by atoms with Gasteiger partial charge in [-0.1, -0.05) is 64.7 Å². The number of aromatic nitrogens is 1. The average Bonchev–Trinajstić information content (AvgIpc) is 3.64. The molecule has 1 amide bonds. The van der Waals surface area contributed by atoms with E-state index in [1.807, 2.05) is 41.5 Å². The van der Waals surface area contributed by atoms with Crippen molar-refractivity contribution in [1.29, 1.82) is 0 Å². The lowest BCUT2D eigenvalue weighted by atomic mass is 10.2. The molecule has 0 aliphatic heterocycles. The van der Waals surface area contributed by atoms with E-state index in [9.17, 15) is 13.6 Å². The second kappa shape index (κ2) is 16.5. The van der Waals surface area contributed by atoms with Gasteiger partial charge in [0.05, 0.1) is 22.3 Å². The molecule has 0 saturated heterocycles. The van der Waals surface area contributed by atoms with Crippen molar-refractivity contribution in [3.05, 3.63) is 46.2 Å². The molecule has 180 valence electrons. The van der Waals surface area contributed by atoms with Crippen LogP contribution in [0.25, 0.3) is 0 Å². The quantitative estimate of drug-likeness (QED) is 0.423. The molecule has 1 heterocycles. The maximum absolute atomic E-state index is 12.6. The summed E-state index contributed by atoms with van der Waals surface area (Å²) in [5.41, 5.74) is 0.392. The van der Waals surface area contributed by atoms with Gasteiger partial charge in [-0.3, -0.25) is 9.78 Å². The zero-order chi connectivity index (χ0) is 24.7. The predicted molar refractivity (Wildman–Crippen MR) is 128 cm³/mol. The summed E-state index contributed by atoms with van der Waals surface area (Å²) >= 11 is 12.0. The summed E-state index contributed by atoms with van der Waals surface area (Å²) < 4.78 is 35.1. The lowest BCUT2D eigenvalue weighted by Gasteiger charge is -2.14. The Morgan fingerprint density at radius 3 is 2.12 bits per heavy atom. The van der Waals surface area contributed by atoms with E-state index in [0.717, 1.165) is 12.8 Å². The monoisotopic (exact) mass is 492 g/mol. The fraction of sp³-hybridized carbons (Fsp3) is 0.478. The number of benzene rings is 1. The molecule has 1 aliphatic rings. The SMILES string of the molecule is CC.CC.CC.O=C(Nc1c(Cl)cncc1Cl)c1ccc(OC(F)F)c(OCC2CC2)c1. The molecule has 2 aromatic rings. The van der Waals surface area contributed by atoms with Crippen molar-refractivity contribution in [3.63, 3.8) is 0 Å². The van der Waals surface area contributed by atoms with Gasteiger partial charge in [-0.25, -0.2) is 0 Å². The van der Waals surface area contributed by atoms with Crippen molar-refractivity contribution in [2.24, 2.45) is 5.92 Å². The number of carbonyl (C=O) groups is 1. The highest BCUT2D eigenvalue weighted by molar-refractivity contribution is 6.39. The van der Waals surface area contributed by atoms with Crippen LogP contribution in [0.1, 0.15) is 64.7 Å². The smallest absolute Gasteiger partial charge is 0.387 e. The van der Waals surface area contributed by atoms with Crippen molar-refractivity contribution in [2.45, 2.75) is 61.0 Å². The molecule has 0 unspecified atom stereocenters. The maximum Gasteiger partial charge on any atom is 0.387 e. The van der Waals surface area contributed by atoms with E-state index >= 15 is 0 Å². The first kappa shape index (κ1) is 29.9. The molecule has 0 bridgehead atoms. The van der Waals surface area contributed by atoms with Crippen LogP contribution < -0.4 is 14.8 Å². The van der Waals surface area contributed by atoms with Gasteiger partial charge in [0.2, 0.25) is 0 Å². The third-order valence-corrected chi connectivity index (χ3v) is 4.26. The van der Waals surface area contributed by atoms with Crippen LogP contribution >= 0.6 is 23.2 Å². The summed E-state index contributed by atoms with van der Waals surface area (Å²) in [5.74, 6) is -0.171. The molecule has 9 heteroatoms. The van der Waals surface area contributed by atoms with Crippen LogP contribution in [0.5, 0.6) is 11.5 Å². The number of hydrogen-bond acceptors (Lipinski definition) is 4. The zero-order valence-corrected chi connectivity index (χ0v) is 20.9. The minimum Gasteiger partial charge on any atom is -0.489 e. The average molecular weight is 493 g/mol. The minimum absolute atomic E-state index is 0.0803. The first-order valence-corrected chi connectivity index (χ1v) is 11.5. The molecule has 0 atom stereocenters. The van der Waals surface area contributed by atoms with Crippen molar-refractivity contribution in [2.75, 3.05) is 11.9 Å². The Morgan fingerprint density at radius 1 is 1.06 bits per heavy atom. The van der Waals surface area contributed by atoms with E-state index in [1.54, 1.807) is 0 Å². The molecule has 1 N–H and O–H groups in total. The van der Waals surface area contributed by atoms with Crippen molar-refractivity contribution < 1.29 is 23.0 Å². The molecule has 32 heavy (non-hydrogen) atoms. The summed E-state index contributed by atoms with van der Waals surface area (Å²) in [5, 5.41) is 2.92. The Hall–Kier alpha value is -2.12. The Balaban J connectivity index is 0.00000148.